The van der Waals surface area contributed by atoms with Crippen LogP contribution in [0.4, 0.5) is 5.00 Å². The molecule has 2 heterocycles. The van der Waals surface area contributed by atoms with Crippen LogP contribution >= 0.6 is 11.3 Å². The number of fused-ring (bicyclic) bond motifs is 1. The summed E-state index contributed by atoms with van der Waals surface area (Å²) in [6, 6.07) is 0. The van der Waals surface area contributed by atoms with Gasteiger partial charge in [0.2, 0.25) is 5.91 Å². The lowest BCUT2D eigenvalue weighted by molar-refractivity contribution is -0.117. The predicted molar refractivity (Wildman–Crippen MR) is 92.9 cm³/mol. The average molecular weight is 335 g/mol. The Hall–Kier alpha value is -1.40. The van der Waals surface area contributed by atoms with Gasteiger partial charge < -0.3 is 11.1 Å². The van der Waals surface area contributed by atoms with Gasteiger partial charge >= 0.3 is 0 Å². The Kier molecular flexibility index (Phi) is 5.02. The number of hydrogen-bond acceptors (Lipinski definition) is 4. The molecule has 2 aliphatic rings. The van der Waals surface area contributed by atoms with Gasteiger partial charge in [-0.1, -0.05) is 6.92 Å². The van der Waals surface area contributed by atoms with Crippen LogP contribution in [0.1, 0.15) is 53.4 Å². The van der Waals surface area contributed by atoms with Gasteiger partial charge in [-0.25, -0.2) is 0 Å². The highest BCUT2D eigenvalue weighted by molar-refractivity contribution is 7.17. The topological polar surface area (TPSA) is 75.4 Å². The van der Waals surface area contributed by atoms with Gasteiger partial charge in [0, 0.05) is 11.4 Å². The van der Waals surface area contributed by atoms with Crippen LogP contribution in [0.15, 0.2) is 0 Å². The summed E-state index contributed by atoms with van der Waals surface area (Å²) >= 11 is 1.53. The molecule has 0 radical (unpaired) electrons. The van der Waals surface area contributed by atoms with Crippen molar-refractivity contribution in [2.75, 3.05) is 25.0 Å². The minimum absolute atomic E-state index is 0.0415. The molecule has 5 nitrogen and oxygen atoms in total. The molecule has 1 atom stereocenters. The van der Waals surface area contributed by atoms with Crippen LogP contribution in [0.5, 0.6) is 0 Å². The molecule has 23 heavy (non-hydrogen) atoms. The van der Waals surface area contributed by atoms with E-state index >= 15 is 0 Å². The molecule has 1 aromatic rings. The van der Waals surface area contributed by atoms with Gasteiger partial charge in [-0.2, -0.15) is 0 Å². The molecule has 1 unspecified atom stereocenters. The minimum Gasteiger partial charge on any atom is -0.365 e. The molecule has 0 saturated carbocycles. The van der Waals surface area contributed by atoms with Crippen LogP contribution in [0.2, 0.25) is 0 Å². The quantitative estimate of drug-likeness (QED) is 0.887. The molecule has 0 spiro atoms. The van der Waals surface area contributed by atoms with Gasteiger partial charge in [-0.3, -0.25) is 14.5 Å². The molecule has 6 heteroatoms. The Balaban J connectivity index is 1.70. The van der Waals surface area contributed by atoms with E-state index in [1.807, 2.05) is 0 Å². The summed E-state index contributed by atoms with van der Waals surface area (Å²) in [5.74, 6) is 0.179. The van der Waals surface area contributed by atoms with E-state index in [9.17, 15) is 9.59 Å². The van der Waals surface area contributed by atoms with Crippen molar-refractivity contribution >= 4 is 28.2 Å². The number of carbonyl (C=O) groups is 2. The number of primary amides is 1. The molecule has 0 bridgehead atoms. The number of likely N-dealkylation sites (tertiary alicyclic amines) is 1. The average Bonchev–Trinajstić information content (AvgIpc) is 2.84. The highest BCUT2D eigenvalue weighted by Gasteiger charge is 2.25. The number of amides is 2. The van der Waals surface area contributed by atoms with Gasteiger partial charge in [0.1, 0.15) is 5.00 Å². The predicted octanol–water partition coefficient (Wildman–Crippen LogP) is 2.40. The highest BCUT2D eigenvalue weighted by atomic mass is 32.1. The number of aryl methyl sites for hydroxylation is 1. The number of nitrogens with zero attached hydrogens (tertiary/aromatic N) is 1. The summed E-state index contributed by atoms with van der Waals surface area (Å²) in [4.78, 5) is 27.6. The van der Waals surface area contributed by atoms with Crippen molar-refractivity contribution in [1.29, 1.82) is 0 Å². The van der Waals surface area contributed by atoms with Crippen LogP contribution < -0.4 is 11.1 Å². The third-order valence-corrected chi connectivity index (χ3v) is 5.99. The summed E-state index contributed by atoms with van der Waals surface area (Å²) in [7, 11) is 0. The molecule has 3 rings (SSSR count). The van der Waals surface area contributed by atoms with Crippen molar-refractivity contribution < 1.29 is 9.59 Å². The molecule has 0 aromatic carbocycles. The van der Waals surface area contributed by atoms with Gasteiger partial charge in [0.15, 0.2) is 0 Å². The smallest absolute Gasteiger partial charge is 0.251 e. The first-order chi connectivity index (χ1) is 11.0. The Morgan fingerprint density at radius 2 is 2.09 bits per heavy atom. The van der Waals surface area contributed by atoms with E-state index in [4.69, 9.17) is 5.73 Å². The van der Waals surface area contributed by atoms with E-state index in [2.05, 4.69) is 17.1 Å². The summed E-state index contributed by atoms with van der Waals surface area (Å²) in [6.07, 6.45) is 6.49. The molecule has 1 aliphatic heterocycles. The molecule has 2 amide bonds. The standard InChI is InChI=1S/C17H25N3O2S/c1-11-5-4-8-20(9-11)10-14(21)19-17-15(16(18)22)12-6-2-3-7-13(12)23-17/h11H,2-10H2,1H3,(H2,18,22)(H,19,21). The number of piperidine rings is 1. The Bertz CT molecular complexity index is 611. The fourth-order valence-corrected chi connectivity index (χ4v) is 5.02. The molecule has 1 aliphatic carbocycles. The molecular weight excluding hydrogens is 310 g/mol. The van der Waals surface area contributed by atoms with Crippen LogP contribution in [-0.2, 0) is 17.6 Å². The number of rotatable bonds is 4. The summed E-state index contributed by atoms with van der Waals surface area (Å²) < 4.78 is 0. The third kappa shape index (κ3) is 3.75. The van der Waals surface area contributed by atoms with E-state index in [-0.39, 0.29) is 5.91 Å². The SMILES string of the molecule is CC1CCCN(CC(=O)Nc2sc3c(c2C(N)=O)CCCC3)C1. The Morgan fingerprint density at radius 1 is 1.30 bits per heavy atom. The fraction of sp³-hybridized carbons (Fsp3) is 0.647. The van der Waals surface area contributed by atoms with Crippen molar-refractivity contribution in [3.8, 4) is 0 Å². The maximum atomic E-state index is 12.4. The zero-order valence-electron chi connectivity index (χ0n) is 13.7. The number of thiophene rings is 1. The van der Waals surface area contributed by atoms with Gasteiger partial charge in [0.25, 0.3) is 5.91 Å². The van der Waals surface area contributed by atoms with Crippen molar-refractivity contribution in [2.45, 2.75) is 45.4 Å². The minimum atomic E-state index is -0.425. The van der Waals surface area contributed by atoms with Gasteiger partial charge in [0.05, 0.1) is 12.1 Å². The van der Waals surface area contributed by atoms with E-state index < -0.39 is 5.91 Å². The van der Waals surface area contributed by atoms with Crippen molar-refractivity contribution in [1.82, 2.24) is 4.90 Å². The molecule has 1 fully saturated rings. The first-order valence-corrected chi connectivity index (χ1v) is 9.32. The second-order valence-corrected chi connectivity index (χ2v) is 7.92. The maximum Gasteiger partial charge on any atom is 0.251 e. The number of carbonyl (C=O) groups excluding carboxylic acids is 2. The molecule has 3 N–H and O–H groups in total. The van der Waals surface area contributed by atoms with E-state index in [0.717, 1.165) is 50.8 Å². The molecule has 1 aromatic heterocycles. The fourth-order valence-electron chi connectivity index (χ4n) is 3.71. The van der Waals surface area contributed by atoms with Crippen molar-refractivity contribution in [2.24, 2.45) is 11.7 Å². The molecule has 126 valence electrons. The Morgan fingerprint density at radius 3 is 2.83 bits per heavy atom. The zero-order chi connectivity index (χ0) is 16.4. The molecule has 1 saturated heterocycles. The normalized spacial score (nSPS) is 21.7. The monoisotopic (exact) mass is 335 g/mol. The highest BCUT2D eigenvalue weighted by Crippen LogP contribution is 2.37. The summed E-state index contributed by atoms with van der Waals surface area (Å²) in [5.41, 5.74) is 7.18. The van der Waals surface area contributed by atoms with Crippen molar-refractivity contribution in [3.63, 3.8) is 0 Å². The van der Waals surface area contributed by atoms with E-state index in [1.165, 1.54) is 22.6 Å². The Labute approximate surface area is 141 Å². The van der Waals surface area contributed by atoms with E-state index in [0.29, 0.717) is 23.0 Å². The van der Waals surface area contributed by atoms with Crippen molar-refractivity contribution in [3.05, 3.63) is 16.0 Å². The van der Waals surface area contributed by atoms with Crippen LogP contribution in [0, 0.1) is 5.92 Å². The van der Waals surface area contributed by atoms with Gasteiger partial charge in [-0.15, -0.1) is 11.3 Å². The van der Waals surface area contributed by atoms with Crippen LogP contribution in [0.25, 0.3) is 0 Å². The number of nitrogens with one attached hydrogen (secondary N) is 1. The second-order valence-electron chi connectivity index (χ2n) is 6.81. The number of hydrogen-bond donors (Lipinski definition) is 2. The number of anilines is 1. The lowest BCUT2D eigenvalue weighted by Gasteiger charge is -2.30. The largest absolute Gasteiger partial charge is 0.365 e. The second kappa shape index (κ2) is 7.01. The lowest BCUT2D eigenvalue weighted by atomic mass is 9.95. The van der Waals surface area contributed by atoms with Crippen LogP contribution in [-0.4, -0.2) is 36.3 Å². The van der Waals surface area contributed by atoms with Gasteiger partial charge in [-0.05, 0) is 56.6 Å². The third-order valence-electron chi connectivity index (χ3n) is 4.78. The number of nitrogens with two attached hydrogens (primary N) is 1. The summed E-state index contributed by atoms with van der Waals surface area (Å²) in [6.45, 7) is 4.56. The first-order valence-electron chi connectivity index (χ1n) is 8.51. The zero-order valence-corrected chi connectivity index (χ0v) is 14.5. The summed E-state index contributed by atoms with van der Waals surface area (Å²) in [5, 5.41) is 3.60. The van der Waals surface area contributed by atoms with Crippen LogP contribution in [0.3, 0.4) is 0 Å². The molecular formula is C17H25N3O2S. The lowest BCUT2D eigenvalue weighted by Crippen LogP contribution is -2.39. The van der Waals surface area contributed by atoms with E-state index in [1.54, 1.807) is 0 Å². The maximum absolute atomic E-state index is 12.4. The first kappa shape index (κ1) is 16.5.